The number of carbonyl (C=O) groups is 3. The van der Waals surface area contributed by atoms with Crippen molar-refractivity contribution in [1.29, 1.82) is 0 Å². The third-order valence-corrected chi connectivity index (χ3v) is 2.85. The van der Waals surface area contributed by atoms with Crippen LogP contribution in [0.25, 0.3) is 0 Å². The van der Waals surface area contributed by atoms with Gasteiger partial charge in [0.05, 0.1) is 6.04 Å². The van der Waals surface area contributed by atoms with E-state index in [1.165, 1.54) is 4.90 Å². The zero-order chi connectivity index (χ0) is 13.7. The normalized spacial score (nSPS) is 17.4. The molecule has 0 unspecified atom stereocenters. The minimum atomic E-state index is -0.532. The van der Waals surface area contributed by atoms with Crippen molar-refractivity contribution in [2.45, 2.75) is 39.2 Å². The Bertz CT molecular complexity index is 325. The van der Waals surface area contributed by atoms with Crippen molar-refractivity contribution in [3.63, 3.8) is 0 Å². The van der Waals surface area contributed by atoms with Gasteiger partial charge < -0.3 is 11.1 Å². The lowest BCUT2D eigenvalue weighted by Crippen LogP contribution is -2.44. The van der Waals surface area contributed by atoms with Crippen LogP contribution in [0.3, 0.4) is 0 Å². The summed E-state index contributed by atoms with van der Waals surface area (Å²) in [6, 6.07) is -0.532. The Morgan fingerprint density at radius 1 is 1.33 bits per heavy atom. The molecule has 0 spiro atoms. The summed E-state index contributed by atoms with van der Waals surface area (Å²) in [6.45, 7) is 4.49. The number of hydrogen-bond acceptors (Lipinski definition) is 4. The summed E-state index contributed by atoms with van der Waals surface area (Å²) >= 11 is 0. The second kappa shape index (κ2) is 6.49. The van der Waals surface area contributed by atoms with E-state index in [0.29, 0.717) is 12.3 Å². The van der Waals surface area contributed by atoms with E-state index >= 15 is 0 Å². The average Bonchev–Trinajstić information content (AvgIpc) is 2.59. The van der Waals surface area contributed by atoms with Crippen LogP contribution in [0.15, 0.2) is 0 Å². The highest BCUT2D eigenvalue weighted by molar-refractivity contribution is 6.01. The summed E-state index contributed by atoms with van der Waals surface area (Å²) < 4.78 is 0. The highest BCUT2D eigenvalue weighted by Gasteiger charge is 2.28. The summed E-state index contributed by atoms with van der Waals surface area (Å²) in [5.41, 5.74) is 5.71. The van der Waals surface area contributed by atoms with Crippen LogP contribution < -0.4 is 11.1 Å². The molecule has 0 aromatic heterocycles. The highest BCUT2D eigenvalue weighted by atomic mass is 16.2. The molecule has 3 N–H and O–H groups in total. The maximum absolute atomic E-state index is 11.6. The van der Waals surface area contributed by atoms with Crippen LogP contribution >= 0.6 is 0 Å². The van der Waals surface area contributed by atoms with Crippen molar-refractivity contribution in [3.8, 4) is 0 Å². The Kier molecular flexibility index (Phi) is 5.27. The van der Waals surface area contributed by atoms with Crippen molar-refractivity contribution < 1.29 is 14.4 Å². The molecule has 0 aromatic carbocycles. The topological polar surface area (TPSA) is 92.5 Å². The second-order valence-electron chi connectivity index (χ2n) is 4.97. The fraction of sp³-hybridized carbons (Fsp3) is 0.750. The zero-order valence-electron chi connectivity index (χ0n) is 10.9. The van der Waals surface area contributed by atoms with E-state index in [2.05, 4.69) is 5.32 Å². The molecule has 1 rings (SSSR count). The van der Waals surface area contributed by atoms with Gasteiger partial charge in [-0.3, -0.25) is 19.3 Å². The number of hydrogen-bond donors (Lipinski definition) is 2. The van der Waals surface area contributed by atoms with Gasteiger partial charge in [-0.15, -0.1) is 0 Å². The molecular weight excluding hydrogens is 234 g/mol. The quantitative estimate of drug-likeness (QED) is 0.633. The summed E-state index contributed by atoms with van der Waals surface area (Å²) in [4.78, 5) is 35.4. The maximum Gasteiger partial charge on any atom is 0.236 e. The molecule has 1 atom stereocenters. The van der Waals surface area contributed by atoms with E-state index in [-0.39, 0.29) is 43.7 Å². The van der Waals surface area contributed by atoms with E-state index in [9.17, 15) is 14.4 Å². The molecule has 0 saturated carbocycles. The largest absolute Gasteiger partial charge is 0.353 e. The molecule has 1 saturated heterocycles. The Hall–Kier alpha value is -1.43. The number of nitrogens with zero attached hydrogens (tertiary/aromatic N) is 1. The second-order valence-corrected chi connectivity index (χ2v) is 4.97. The van der Waals surface area contributed by atoms with Gasteiger partial charge in [-0.05, 0) is 12.3 Å². The predicted octanol–water partition coefficient (Wildman–Crippen LogP) is -0.375. The van der Waals surface area contributed by atoms with Gasteiger partial charge in [0.15, 0.2) is 0 Å². The van der Waals surface area contributed by atoms with E-state index in [0.717, 1.165) is 0 Å². The van der Waals surface area contributed by atoms with Crippen LogP contribution in [0.1, 0.15) is 33.1 Å². The molecule has 0 aliphatic carbocycles. The molecule has 1 fully saturated rings. The van der Waals surface area contributed by atoms with Gasteiger partial charge in [-0.1, -0.05) is 13.8 Å². The molecule has 6 heteroatoms. The number of rotatable bonds is 6. The number of likely N-dealkylation sites (tertiary alicyclic amines) is 1. The molecule has 6 nitrogen and oxygen atoms in total. The standard InChI is InChI=1S/C12H21N3O3/c1-8(2)7-9(13)12(18)14-5-6-15-10(16)3-4-11(15)17/h8-9H,3-7,13H2,1-2H3,(H,14,18)/t9-/m0/s1. The summed E-state index contributed by atoms with van der Waals surface area (Å²) in [5.74, 6) is -0.211. The van der Waals surface area contributed by atoms with Crippen molar-refractivity contribution >= 4 is 17.7 Å². The van der Waals surface area contributed by atoms with Gasteiger partial charge in [0.25, 0.3) is 0 Å². The molecule has 0 radical (unpaired) electrons. The van der Waals surface area contributed by atoms with Crippen LogP contribution in [-0.4, -0.2) is 41.8 Å². The maximum atomic E-state index is 11.6. The molecule has 0 bridgehead atoms. The third kappa shape index (κ3) is 4.10. The van der Waals surface area contributed by atoms with Gasteiger partial charge >= 0.3 is 0 Å². The Balaban J connectivity index is 2.27. The summed E-state index contributed by atoms with van der Waals surface area (Å²) in [7, 11) is 0. The predicted molar refractivity (Wildman–Crippen MR) is 66.4 cm³/mol. The zero-order valence-corrected chi connectivity index (χ0v) is 10.9. The average molecular weight is 255 g/mol. The molecular formula is C12H21N3O3. The summed E-state index contributed by atoms with van der Waals surface area (Å²) in [6.07, 6.45) is 1.17. The first kappa shape index (κ1) is 14.6. The van der Waals surface area contributed by atoms with E-state index in [1.54, 1.807) is 0 Å². The van der Waals surface area contributed by atoms with Gasteiger partial charge in [-0.25, -0.2) is 0 Å². The molecule has 102 valence electrons. The highest BCUT2D eigenvalue weighted by Crippen LogP contribution is 2.10. The first-order valence-electron chi connectivity index (χ1n) is 6.28. The number of nitrogens with two attached hydrogens (primary N) is 1. The number of nitrogens with one attached hydrogen (secondary N) is 1. The van der Waals surface area contributed by atoms with Gasteiger partial charge in [0.2, 0.25) is 17.7 Å². The number of imide groups is 1. The fourth-order valence-electron chi connectivity index (χ4n) is 1.91. The first-order chi connectivity index (χ1) is 8.41. The molecule has 1 heterocycles. The Labute approximate surface area is 107 Å². The van der Waals surface area contributed by atoms with E-state index in [4.69, 9.17) is 5.73 Å². The monoisotopic (exact) mass is 255 g/mol. The van der Waals surface area contributed by atoms with Gasteiger partial charge in [0.1, 0.15) is 0 Å². The van der Waals surface area contributed by atoms with Crippen LogP contribution in [0.5, 0.6) is 0 Å². The minimum Gasteiger partial charge on any atom is -0.353 e. The minimum absolute atomic E-state index is 0.166. The first-order valence-corrected chi connectivity index (χ1v) is 6.28. The lowest BCUT2D eigenvalue weighted by Gasteiger charge is -2.17. The van der Waals surface area contributed by atoms with E-state index < -0.39 is 6.04 Å². The molecule has 1 aliphatic heterocycles. The fourth-order valence-corrected chi connectivity index (χ4v) is 1.91. The van der Waals surface area contributed by atoms with Crippen molar-refractivity contribution in [2.24, 2.45) is 11.7 Å². The van der Waals surface area contributed by atoms with Crippen LogP contribution in [-0.2, 0) is 14.4 Å². The van der Waals surface area contributed by atoms with Crippen molar-refractivity contribution in [1.82, 2.24) is 10.2 Å². The molecule has 18 heavy (non-hydrogen) atoms. The van der Waals surface area contributed by atoms with Crippen LogP contribution in [0, 0.1) is 5.92 Å². The van der Waals surface area contributed by atoms with Crippen molar-refractivity contribution in [3.05, 3.63) is 0 Å². The number of amides is 3. The Morgan fingerprint density at radius 2 is 1.89 bits per heavy atom. The van der Waals surface area contributed by atoms with Gasteiger partial charge in [-0.2, -0.15) is 0 Å². The lowest BCUT2D eigenvalue weighted by atomic mass is 10.0. The third-order valence-electron chi connectivity index (χ3n) is 2.85. The van der Waals surface area contributed by atoms with Crippen LogP contribution in [0.2, 0.25) is 0 Å². The molecule has 1 aliphatic rings. The molecule has 0 aromatic rings. The number of carbonyl (C=O) groups excluding carboxylic acids is 3. The van der Waals surface area contributed by atoms with Crippen LogP contribution in [0.4, 0.5) is 0 Å². The SMILES string of the molecule is CC(C)C[C@H](N)C(=O)NCCN1C(=O)CCC1=O. The molecule has 3 amide bonds. The Morgan fingerprint density at radius 3 is 2.39 bits per heavy atom. The van der Waals surface area contributed by atoms with Gasteiger partial charge in [0, 0.05) is 25.9 Å². The van der Waals surface area contributed by atoms with E-state index in [1.807, 2.05) is 13.8 Å². The summed E-state index contributed by atoms with van der Waals surface area (Å²) in [5, 5.41) is 2.65. The lowest BCUT2D eigenvalue weighted by molar-refractivity contribution is -0.138. The van der Waals surface area contributed by atoms with Crippen molar-refractivity contribution in [2.75, 3.05) is 13.1 Å². The smallest absolute Gasteiger partial charge is 0.236 e.